The number of aliphatic carboxylic acids is 1. The zero-order chi connectivity index (χ0) is 19.6. The van der Waals surface area contributed by atoms with Crippen molar-refractivity contribution in [1.29, 1.82) is 0 Å². The van der Waals surface area contributed by atoms with Gasteiger partial charge in [0.2, 0.25) is 5.91 Å². The summed E-state index contributed by atoms with van der Waals surface area (Å²) in [6.07, 6.45) is 16.9. The van der Waals surface area contributed by atoms with Crippen molar-refractivity contribution >= 4 is 11.9 Å². The molecule has 0 saturated heterocycles. The number of unbranched alkanes of at least 4 members (excludes halogenated alkanes) is 7. The highest BCUT2D eigenvalue weighted by Crippen LogP contribution is 2.08. The molecule has 1 atom stereocenters. The minimum Gasteiger partial charge on any atom is -0.480 e. The van der Waals surface area contributed by atoms with E-state index in [0.29, 0.717) is 19.4 Å². The fraction of sp³-hybridized carbons (Fsp3) is 0.810. The van der Waals surface area contributed by atoms with Crippen LogP contribution in [0.1, 0.15) is 84.0 Å². The van der Waals surface area contributed by atoms with Gasteiger partial charge in [-0.3, -0.25) is 14.5 Å². The Labute approximate surface area is 160 Å². The molecule has 5 nitrogen and oxygen atoms in total. The average Bonchev–Trinajstić information content (AvgIpc) is 2.58. The van der Waals surface area contributed by atoms with Gasteiger partial charge < -0.3 is 10.4 Å². The van der Waals surface area contributed by atoms with Crippen molar-refractivity contribution in [2.75, 3.05) is 20.6 Å². The van der Waals surface area contributed by atoms with E-state index in [-0.39, 0.29) is 5.91 Å². The second kappa shape index (κ2) is 17.1. The second-order valence-electron chi connectivity index (χ2n) is 7.23. The van der Waals surface area contributed by atoms with Crippen LogP contribution in [-0.4, -0.2) is 48.6 Å². The van der Waals surface area contributed by atoms with Crippen LogP contribution >= 0.6 is 0 Å². The Kier molecular flexibility index (Phi) is 16.2. The van der Waals surface area contributed by atoms with Crippen LogP contribution in [0.4, 0.5) is 0 Å². The lowest BCUT2D eigenvalue weighted by Crippen LogP contribution is -2.35. The Hall–Kier alpha value is -1.36. The summed E-state index contributed by atoms with van der Waals surface area (Å²) in [5, 5.41) is 12.0. The van der Waals surface area contributed by atoms with E-state index in [2.05, 4.69) is 24.4 Å². The van der Waals surface area contributed by atoms with Gasteiger partial charge in [-0.2, -0.15) is 0 Å². The van der Waals surface area contributed by atoms with Crippen LogP contribution < -0.4 is 5.32 Å². The quantitative estimate of drug-likeness (QED) is 0.295. The molecular weight excluding hydrogens is 328 g/mol. The summed E-state index contributed by atoms with van der Waals surface area (Å²) < 4.78 is 0. The number of carbonyl (C=O) groups is 2. The third kappa shape index (κ3) is 14.9. The van der Waals surface area contributed by atoms with Crippen LogP contribution in [0.3, 0.4) is 0 Å². The first-order valence-electron chi connectivity index (χ1n) is 10.3. The maximum absolute atomic E-state index is 11.7. The number of carboxylic acids is 1. The molecule has 5 heteroatoms. The number of amides is 1. The smallest absolute Gasteiger partial charge is 0.320 e. The summed E-state index contributed by atoms with van der Waals surface area (Å²) in [5.41, 5.74) is 0. The Balaban J connectivity index is 3.52. The molecule has 0 aromatic heterocycles. The van der Waals surface area contributed by atoms with Crippen LogP contribution in [0.15, 0.2) is 12.2 Å². The van der Waals surface area contributed by atoms with Crippen molar-refractivity contribution in [3.05, 3.63) is 12.2 Å². The number of carboxylic acid groups (broad SMARTS) is 1. The number of likely N-dealkylation sites (N-methyl/N-ethyl adjacent to an activating group) is 1. The third-order valence-corrected chi connectivity index (χ3v) is 4.56. The number of hydrogen-bond acceptors (Lipinski definition) is 3. The molecule has 0 fully saturated rings. The Morgan fingerprint density at radius 1 is 0.962 bits per heavy atom. The number of rotatable bonds is 17. The van der Waals surface area contributed by atoms with Crippen molar-refractivity contribution in [3.8, 4) is 0 Å². The lowest BCUT2D eigenvalue weighted by atomic mass is 10.1. The summed E-state index contributed by atoms with van der Waals surface area (Å²) >= 11 is 0. The summed E-state index contributed by atoms with van der Waals surface area (Å²) in [7, 11) is 3.56. The lowest BCUT2D eigenvalue weighted by molar-refractivity contribution is -0.142. The topological polar surface area (TPSA) is 69.6 Å². The van der Waals surface area contributed by atoms with Crippen molar-refractivity contribution in [2.24, 2.45) is 0 Å². The zero-order valence-electron chi connectivity index (χ0n) is 17.1. The van der Waals surface area contributed by atoms with Crippen molar-refractivity contribution in [1.82, 2.24) is 10.2 Å². The first kappa shape index (κ1) is 24.6. The van der Waals surface area contributed by atoms with Gasteiger partial charge in [0.05, 0.1) is 0 Å². The van der Waals surface area contributed by atoms with Crippen LogP contribution in [0.5, 0.6) is 0 Å². The van der Waals surface area contributed by atoms with Crippen LogP contribution in [-0.2, 0) is 9.59 Å². The molecule has 0 rings (SSSR count). The van der Waals surface area contributed by atoms with Gasteiger partial charge in [-0.05, 0) is 52.6 Å². The summed E-state index contributed by atoms with van der Waals surface area (Å²) in [6, 6.07) is -0.442. The molecule has 152 valence electrons. The number of nitrogens with zero attached hydrogens (tertiary/aromatic N) is 1. The van der Waals surface area contributed by atoms with Crippen molar-refractivity contribution in [3.63, 3.8) is 0 Å². The monoisotopic (exact) mass is 368 g/mol. The summed E-state index contributed by atoms with van der Waals surface area (Å²) in [4.78, 5) is 24.5. The van der Waals surface area contributed by atoms with Crippen LogP contribution in [0.25, 0.3) is 0 Å². The van der Waals surface area contributed by atoms with Crippen LogP contribution in [0, 0.1) is 0 Å². The molecule has 2 N–H and O–H groups in total. The van der Waals surface area contributed by atoms with E-state index in [1.54, 1.807) is 19.0 Å². The molecule has 0 heterocycles. The fourth-order valence-electron chi connectivity index (χ4n) is 2.87. The highest BCUT2D eigenvalue weighted by atomic mass is 16.4. The largest absolute Gasteiger partial charge is 0.480 e. The number of allylic oxidation sites excluding steroid dienone is 2. The SMILES string of the molecule is CCCCCCCC/C=C/CCC(=O)NCCCC[C@@H](C(=O)O)N(C)C. The molecule has 0 saturated carbocycles. The highest BCUT2D eigenvalue weighted by Gasteiger charge is 2.18. The highest BCUT2D eigenvalue weighted by molar-refractivity contribution is 5.76. The molecule has 0 aliphatic rings. The van der Waals surface area contributed by atoms with E-state index < -0.39 is 12.0 Å². The zero-order valence-corrected chi connectivity index (χ0v) is 17.1. The molecule has 0 bridgehead atoms. The number of carbonyl (C=O) groups excluding carboxylic acids is 1. The van der Waals surface area contributed by atoms with E-state index in [1.165, 1.54) is 38.5 Å². The maximum atomic E-state index is 11.7. The standard InChI is InChI=1S/C21H40N2O3/c1-4-5-6-7-8-9-10-11-12-13-17-20(24)22-18-15-14-16-19(21(25)26)23(2)3/h11-12,19H,4-10,13-18H2,1-3H3,(H,22,24)(H,25,26)/b12-11+/t19-/m0/s1. The molecule has 0 unspecified atom stereocenters. The van der Waals surface area contributed by atoms with Gasteiger partial charge in [-0.1, -0.05) is 51.2 Å². The molecule has 0 aromatic carbocycles. The number of hydrogen-bond donors (Lipinski definition) is 2. The van der Waals surface area contributed by atoms with E-state index in [1.807, 2.05) is 0 Å². The summed E-state index contributed by atoms with van der Waals surface area (Å²) in [6.45, 7) is 2.86. The fourth-order valence-corrected chi connectivity index (χ4v) is 2.87. The lowest BCUT2D eigenvalue weighted by Gasteiger charge is -2.19. The third-order valence-electron chi connectivity index (χ3n) is 4.56. The van der Waals surface area contributed by atoms with Crippen molar-refractivity contribution in [2.45, 2.75) is 90.0 Å². The molecule has 0 radical (unpaired) electrons. The molecule has 0 spiro atoms. The van der Waals surface area contributed by atoms with Gasteiger partial charge in [0.15, 0.2) is 0 Å². The minimum atomic E-state index is -0.785. The predicted molar refractivity (Wildman–Crippen MR) is 108 cm³/mol. The summed E-state index contributed by atoms with van der Waals surface area (Å²) in [5.74, 6) is -0.705. The molecule has 26 heavy (non-hydrogen) atoms. The maximum Gasteiger partial charge on any atom is 0.320 e. The molecular formula is C21H40N2O3. The van der Waals surface area contributed by atoms with Crippen LogP contribution in [0.2, 0.25) is 0 Å². The molecule has 1 amide bonds. The van der Waals surface area contributed by atoms with E-state index in [0.717, 1.165) is 25.7 Å². The second-order valence-corrected chi connectivity index (χ2v) is 7.23. The molecule has 0 aliphatic carbocycles. The van der Waals surface area contributed by atoms with Gasteiger partial charge in [0.25, 0.3) is 0 Å². The van der Waals surface area contributed by atoms with Gasteiger partial charge in [0.1, 0.15) is 6.04 Å². The molecule has 0 aliphatic heterocycles. The number of nitrogens with one attached hydrogen (secondary N) is 1. The average molecular weight is 369 g/mol. The first-order valence-corrected chi connectivity index (χ1v) is 10.3. The van der Waals surface area contributed by atoms with Gasteiger partial charge in [-0.15, -0.1) is 0 Å². The molecule has 0 aromatic rings. The van der Waals surface area contributed by atoms with E-state index in [9.17, 15) is 9.59 Å². The van der Waals surface area contributed by atoms with E-state index in [4.69, 9.17) is 5.11 Å². The van der Waals surface area contributed by atoms with Gasteiger partial charge in [-0.25, -0.2) is 0 Å². The first-order chi connectivity index (χ1) is 12.5. The normalized spacial score (nSPS) is 12.6. The predicted octanol–water partition coefficient (Wildman–Crippen LogP) is 4.37. The van der Waals surface area contributed by atoms with Gasteiger partial charge in [0, 0.05) is 13.0 Å². The van der Waals surface area contributed by atoms with Crippen molar-refractivity contribution < 1.29 is 14.7 Å². The van der Waals surface area contributed by atoms with Gasteiger partial charge >= 0.3 is 5.97 Å². The van der Waals surface area contributed by atoms with E-state index >= 15 is 0 Å². The minimum absolute atomic E-state index is 0.0802. The Morgan fingerprint density at radius 2 is 1.62 bits per heavy atom. The Morgan fingerprint density at radius 3 is 2.27 bits per heavy atom. The Bertz CT molecular complexity index is 395.